The molecule has 5 heteroatoms. The maximum absolute atomic E-state index is 7.12. The molecule has 0 unspecified atom stereocenters. The first-order valence-electron chi connectivity index (χ1n) is 26.0. The smallest absolute Gasteiger partial charge is 0.137 e. The van der Waals surface area contributed by atoms with E-state index in [1.807, 2.05) is 6.20 Å². The van der Waals surface area contributed by atoms with Crippen LogP contribution in [0.1, 0.15) is 123 Å². The van der Waals surface area contributed by atoms with Crippen LogP contribution in [0.15, 0.2) is 194 Å². The third-order valence-electron chi connectivity index (χ3n) is 15.3. The van der Waals surface area contributed by atoms with Crippen molar-refractivity contribution in [2.45, 2.75) is 117 Å². The van der Waals surface area contributed by atoms with Crippen LogP contribution in [0.5, 0.6) is 11.5 Å². The van der Waals surface area contributed by atoms with Gasteiger partial charge in [0.1, 0.15) is 17.3 Å². The Labute approximate surface area is 434 Å². The fraction of sp³-hybridized carbons (Fsp3) is 0.279. The maximum atomic E-state index is 7.12. The summed E-state index contributed by atoms with van der Waals surface area (Å²) in [7, 11) is 0. The van der Waals surface area contributed by atoms with Gasteiger partial charge in [0.15, 0.2) is 0 Å². The van der Waals surface area contributed by atoms with Gasteiger partial charge in [-0.05, 0) is 121 Å². The van der Waals surface area contributed by atoms with Gasteiger partial charge in [0.2, 0.25) is 0 Å². The molecule has 0 N–H and O–H groups in total. The van der Waals surface area contributed by atoms with Crippen LogP contribution < -0.4 is 14.5 Å². The molecular formula is C68H72N4O. The lowest BCUT2D eigenvalue weighted by molar-refractivity contribution is 0.479. The quantitative estimate of drug-likeness (QED) is 0.137. The van der Waals surface area contributed by atoms with E-state index in [1.54, 1.807) is 0 Å². The van der Waals surface area contributed by atoms with Crippen LogP contribution in [-0.2, 0) is 27.1 Å². The van der Waals surface area contributed by atoms with Gasteiger partial charge in [0, 0.05) is 63.2 Å². The van der Waals surface area contributed by atoms with Crippen molar-refractivity contribution in [3.63, 3.8) is 0 Å². The van der Waals surface area contributed by atoms with Crippen molar-refractivity contribution in [2.24, 2.45) is 0 Å². The Morgan fingerprint density at radius 3 is 1.60 bits per heavy atom. The molecule has 370 valence electrons. The molecule has 73 heavy (non-hydrogen) atoms. The number of ether oxygens (including phenoxy) is 1. The number of pyridine rings is 1. The number of fused-ring (bicyclic) bond motifs is 3. The van der Waals surface area contributed by atoms with E-state index in [9.17, 15) is 0 Å². The largest absolute Gasteiger partial charge is 0.457 e. The molecule has 1 aliphatic rings. The van der Waals surface area contributed by atoms with Crippen LogP contribution in [0.2, 0.25) is 0 Å². The van der Waals surface area contributed by atoms with Crippen LogP contribution in [0, 0.1) is 0 Å². The molecule has 0 atom stereocenters. The summed E-state index contributed by atoms with van der Waals surface area (Å²) in [5, 5.41) is 2.30. The minimum atomic E-state index is -0.308. The Morgan fingerprint density at radius 2 is 0.986 bits per heavy atom. The molecule has 1 aliphatic heterocycles. The second-order valence-corrected chi connectivity index (χ2v) is 24.4. The molecule has 0 amide bonds. The number of allylic oxidation sites excluding steroid dienone is 1. The Kier molecular flexibility index (Phi) is 12.3. The zero-order valence-electron chi connectivity index (χ0n) is 45.3. The van der Waals surface area contributed by atoms with Crippen molar-refractivity contribution in [2.75, 3.05) is 16.5 Å². The van der Waals surface area contributed by atoms with Gasteiger partial charge in [-0.2, -0.15) is 0 Å². The molecule has 0 bridgehead atoms. The average molecular weight is 961 g/mol. The first kappa shape index (κ1) is 49.2. The summed E-state index contributed by atoms with van der Waals surface area (Å²) in [6.45, 7) is 30.7. The maximum Gasteiger partial charge on any atom is 0.137 e. The standard InChI is InChI=1S/C68H72N4O/c1-64(2,3)51-36-52(65(4,5)6)39-55(38-51)71-45-70(44-62(71)68(12,13)49-27-21-16-22-28-49)54-37-53(66(7,8)9)40-57(42-54)73-56-30-31-58-59-35-47(46-23-17-14-18-24-46)29-32-60(59)72(61(58)43-56)63-41-50(33-34-69-63)67(10,11)48-25-19-15-20-26-48/h14-44H,45H2,1-13H3. The number of rotatable bonds is 10. The highest BCUT2D eigenvalue weighted by molar-refractivity contribution is 6.10. The predicted molar refractivity (Wildman–Crippen MR) is 309 cm³/mol. The van der Waals surface area contributed by atoms with Gasteiger partial charge < -0.3 is 14.5 Å². The molecule has 0 aliphatic carbocycles. The van der Waals surface area contributed by atoms with Crippen LogP contribution in [0.25, 0.3) is 38.8 Å². The van der Waals surface area contributed by atoms with Crippen LogP contribution in [-0.4, -0.2) is 16.2 Å². The molecule has 0 spiro atoms. The van der Waals surface area contributed by atoms with Gasteiger partial charge in [0.25, 0.3) is 0 Å². The number of nitrogens with zero attached hydrogens (tertiary/aromatic N) is 4. The van der Waals surface area contributed by atoms with Gasteiger partial charge in [-0.15, -0.1) is 0 Å². The summed E-state index contributed by atoms with van der Waals surface area (Å²) < 4.78 is 9.44. The number of benzene rings is 7. The second-order valence-electron chi connectivity index (χ2n) is 24.4. The van der Waals surface area contributed by atoms with Gasteiger partial charge in [-0.3, -0.25) is 4.57 Å². The van der Waals surface area contributed by atoms with Gasteiger partial charge in [-0.1, -0.05) is 193 Å². The second kappa shape index (κ2) is 18.3. The Morgan fingerprint density at radius 1 is 0.411 bits per heavy atom. The molecule has 0 saturated heterocycles. The Balaban J connectivity index is 1.10. The molecule has 0 saturated carbocycles. The molecule has 0 radical (unpaired) electrons. The van der Waals surface area contributed by atoms with E-state index in [4.69, 9.17) is 9.72 Å². The summed E-state index contributed by atoms with van der Waals surface area (Å²) in [4.78, 5) is 10.1. The predicted octanol–water partition coefficient (Wildman–Crippen LogP) is 18.0. The summed E-state index contributed by atoms with van der Waals surface area (Å²) in [5.41, 5.74) is 14.9. The highest BCUT2D eigenvalue weighted by atomic mass is 16.5. The molecule has 0 fully saturated rings. The third kappa shape index (κ3) is 9.59. The van der Waals surface area contributed by atoms with Gasteiger partial charge in [0.05, 0.1) is 17.7 Å². The van der Waals surface area contributed by atoms with Crippen molar-refractivity contribution in [3.05, 3.63) is 227 Å². The van der Waals surface area contributed by atoms with E-state index in [0.717, 1.165) is 44.8 Å². The molecule has 10 rings (SSSR count). The van der Waals surface area contributed by atoms with E-state index in [0.29, 0.717) is 6.67 Å². The van der Waals surface area contributed by atoms with Crippen molar-refractivity contribution < 1.29 is 4.74 Å². The number of hydrogen-bond acceptors (Lipinski definition) is 4. The normalized spacial score (nSPS) is 13.8. The minimum absolute atomic E-state index is 0.0240. The zero-order valence-corrected chi connectivity index (χ0v) is 45.3. The van der Waals surface area contributed by atoms with E-state index < -0.39 is 0 Å². The number of hydrogen-bond donors (Lipinski definition) is 0. The highest BCUT2D eigenvalue weighted by Crippen LogP contribution is 2.45. The lowest BCUT2D eigenvalue weighted by atomic mass is 9.78. The average Bonchev–Trinajstić information content (AvgIpc) is 3.97. The summed E-state index contributed by atoms with van der Waals surface area (Å²) >= 11 is 0. The molecule has 5 nitrogen and oxygen atoms in total. The lowest BCUT2D eigenvalue weighted by Gasteiger charge is -2.36. The molecule has 2 aromatic heterocycles. The molecule has 3 heterocycles. The molecular weight excluding hydrogens is 889 g/mol. The molecule has 9 aromatic rings. The Bertz CT molecular complexity index is 3470. The fourth-order valence-electron chi connectivity index (χ4n) is 10.4. The highest BCUT2D eigenvalue weighted by Gasteiger charge is 2.37. The van der Waals surface area contributed by atoms with Crippen molar-refractivity contribution in [1.29, 1.82) is 0 Å². The van der Waals surface area contributed by atoms with Gasteiger partial charge >= 0.3 is 0 Å². The Hall–Kier alpha value is -7.37. The number of aromatic nitrogens is 2. The monoisotopic (exact) mass is 961 g/mol. The summed E-state index contributed by atoms with van der Waals surface area (Å²) in [6.07, 6.45) is 4.34. The molecule has 7 aromatic carbocycles. The third-order valence-corrected chi connectivity index (χ3v) is 15.3. The van der Waals surface area contributed by atoms with Crippen molar-refractivity contribution in [1.82, 2.24) is 9.55 Å². The van der Waals surface area contributed by atoms with E-state index in [-0.39, 0.29) is 27.1 Å². The van der Waals surface area contributed by atoms with Crippen LogP contribution >= 0.6 is 0 Å². The zero-order chi connectivity index (χ0) is 51.7. The van der Waals surface area contributed by atoms with Crippen LogP contribution in [0.4, 0.5) is 11.4 Å². The lowest BCUT2D eigenvalue weighted by Crippen LogP contribution is -2.34. The first-order chi connectivity index (χ1) is 34.6. The van der Waals surface area contributed by atoms with E-state index in [2.05, 4.69) is 287 Å². The summed E-state index contributed by atoms with van der Waals surface area (Å²) in [6, 6.07) is 64.1. The van der Waals surface area contributed by atoms with E-state index >= 15 is 0 Å². The van der Waals surface area contributed by atoms with Crippen LogP contribution in [0.3, 0.4) is 0 Å². The van der Waals surface area contributed by atoms with Crippen molar-refractivity contribution >= 4 is 33.2 Å². The first-order valence-corrected chi connectivity index (χ1v) is 26.0. The van der Waals surface area contributed by atoms with Gasteiger partial charge in [-0.25, -0.2) is 4.98 Å². The minimum Gasteiger partial charge on any atom is -0.457 e. The SMILES string of the molecule is CC(C)(C)c1cc(Oc2ccc3c4cc(-c5ccccc5)ccc4n(-c4cc(C(C)(C)c5ccccc5)ccn4)c3c2)cc(N2C=C(C(C)(C)c3ccccc3)N(c3cc(C(C)(C)C)cc(C(C)(C)C)c3)C2)c1. The van der Waals surface area contributed by atoms with E-state index in [1.165, 1.54) is 55.9 Å². The topological polar surface area (TPSA) is 33.5 Å². The van der Waals surface area contributed by atoms with Crippen molar-refractivity contribution in [3.8, 4) is 28.4 Å². The summed E-state index contributed by atoms with van der Waals surface area (Å²) in [5.74, 6) is 2.42. The fourth-order valence-corrected chi connectivity index (χ4v) is 10.4. The number of anilines is 2.